The lowest BCUT2D eigenvalue weighted by molar-refractivity contribution is 0.0680. The lowest BCUT2D eigenvalue weighted by Gasteiger charge is -2.01. The molecule has 0 saturated heterocycles. The summed E-state index contributed by atoms with van der Waals surface area (Å²) < 4.78 is 4.67. The molecule has 0 fully saturated rings. The van der Waals surface area contributed by atoms with E-state index in [1.165, 1.54) is 0 Å². The Bertz CT molecular complexity index is 297. The maximum atomic E-state index is 10.4. The molecule has 1 heterocycles. The van der Waals surface area contributed by atoms with Crippen LogP contribution in [0.2, 0.25) is 0 Å². The van der Waals surface area contributed by atoms with Crippen LogP contribution < -0.4 is 5.73 Å². The van der Waals surface area contributed by atoms with Gasteiger partial charge in [-0.05, 0) is 11.6 Å². The second-order valence-electron chi connectivity index (χ2n) is 2.66. The maximum absolute atomic E-state index is 10.4. The molecule has 0 aliphatic heterocycles. The van der Waals surface area contributed by atoms with Crippen molar-refractivity contribution < 1.29 is 14.4 Å². The Hall–Kier alpha value is -1.43. The Morgan fingerprint density at radius 3 is 2.92 bits per heavy atom. The summed E-state index contributed by atoms with van der Waals surface area (Å²) in [5.74, 6) is -1.38. The van der Waals surface area contributed by atoms with E-state index in [0.717, 1.165) is 6.42 Å². The second-order valence-corrected chi connectivity index (χ2v) is 2.66. The third kappa shape index (κ3) is 2.25. The van der Waals surface area contributed by atoms with Crippen molar-refractivity contribution in [3.8, 4) is 0 Å². The van der Waals surface area contributed by atoms with Crippen molar-refractivity contribution in [2.24, 2.45) is 5.73 Å². The van der Waals surface area contributed by atoms with Crippen molar-refractivity contribution >= 4 is 5.97 Å². The zero-order valence-electron chi connectivity index (χ0n) is 7.23. The monoisotopic (exact) mass is 185 g/mol. The van der Waals surface area contributed by atoms with E-state index >= 15 is 0 Å². The van der Waals surface area contributed by atoms with Crippen LogP contribution in [0.3, 0.4) is 0 Å². The summed E-state index contributed by atoms with van der Waals surface area (Å²) in [7, 11) is 0. The molecule has 0 saturated carbocycles. The highest BCUT2D eigenvalue weighted by Gasteiger charge is 2.17. The van der Waals surface area contributed by atoms with E-state index in [1.807, 2.05) is 6.92 Å². The molecule has 0 spiro atoms. The van der Waals surface area contributed by atoms with Crippen LogP contribution in [-0.4, -0.2) is 21.2 Å². The Kier molecular flexibility index (Phi) is 2.97. The van der Waals surface area contributed by atoms with E-state index in [-0.39, 0.29) is 17.8 Å². The molecule has 1 rings (SSSR count). The molecule has 1 atom stereocenters. The zero-order chi connectivity index (χ0) is 9.84. The number of carboxylic acids is 1. The van der Waals surface area contributed by atoms with Gasteiger partial charge in [0.25, 0.3) is 5.82 Å². The Balaban J connectivity index is 2.73. The van der Waals surface area contributed by atoms with E-state index in [2.05, 4.69) is 14.7 Å². The fourth-order valence-corrected chi connectivity index (χ4v) is 0.907. The van der Waals surface area contributed by atoms with Crippen LogP contribution in [0.4, 0.5) is 0 Å². The molecule has 0 unspecified atom stereocenters. The van der Waals surface area contributed by atoms with Crippen molar-refractivity contribution in [1.82, 2.24) is 10.1 Å². The SMILES string of the molecule is CCC[C@@H](N)c1nc(C(=O)O)no1. The Morgan fingerprint density at radius 1 is 1.77 bits per heavy atom. The van der Waals surface area contributed by atoms with Gasteiger partial charge in [0.2, 0.25) is 5.89 Å². The lowest BCUT2D eigenvalue weighted by atomic mass is 10.2. The topological polar surface area (TPSA) is 102 Å². The molecule has 0 bridgehead atoms. The predicted octanol–water partition coefficient (Wildman–Crippen LogP) is 0.568. The summed E-state index contributed by atoms with van der Waals surface area (Å²) in [4.78, 5) is 14.0. The molecule has 0 aromatic carbocycles. The van der Waals surface area contributed by atoms with Gasteiger partial charge in [0.1, 0.15) is 0 Å². The predicted molar refractivity (Wildman–Crippen MR) is 43.1 cm³/mol. The third-order valence-corrected chi connectivity index (χ3v) is 1.55. The molecule has 0 radical (unpaired) electrons. The fraction of sp³-hybridized carbons (Fsp3) is 0.571. The van der Waals surface area contributed by atoms with E-state index in [9.17, 15) is 4.79 Å². The van der Waals surface area contributed by atoms with E-state index in [0.29, 0.717) is 6.42 Å². The molecule has 6 nitrogen and oxygen atoms in total. The first-order valence-electron chi connectivity index (χ1n) is 3.97. The van der Waals surface area contributed by atoms with Crippen LogP contribution in [-0.2, 0) is 0 Å². The maximum Gasteiger partial charge on any atom is 0.377 e. The number of carboxylic acid groups (broad SMARTS) is 1. The van der Waals surface area contributed by atoms with Crippen LogP contribution in [0, 0.1) is 0 Å². The van der Waals surface area contributed by atoms with Gasteiger partial charge in [-0.2, -0.15) is 4.98 Å². The second kappa shape index (κ2) is 3.99. The van der Waals surface area contributed by atoms with Crippen molar-refractivity contribution in [3.63, 3.8) is 0 Å². The summed E-state index contributed by atoms with van der Waals surface area (Å²) in [5, 5.41) is 11.7. The van der Waals surface area contributed by atoms with Gasteiger partial charge in [-0.1, -0.05) is 13.3 Å². The quantitative estimate of drug-likeness (QED) is 0.710. The number of aromatic nitrogens is 2. The average molecular weight is 185 g/mol. The first-order valence-corrected chi connectivity index (χ1v) is 3.97. The van der Waals surface area contributed by atoms with Crippen LogP contribution in [0.25, 0.3) is 0 Å². The van der Waals surface area contributed by atoms with Crippen molar-refractivity contribution in [2.75, 3.05) is 0 Å². The minimum atomic E-state index is -1.21. The average Bonchev–Trinajstić information content (AvgIpc) is 2.52. The normalized spacial score (nSPS) is 12.8. The number of hydrogen-bond donors (Lipinski definition) is 2. The van der Waals surface area contributed by atoms with E-state index in [1.54, 1.807) is 0 Å². The molecule has 1 aromatic rings. The summed E-state index contributed by atoms with van der Waals surface area (Å²) in [6.07, 6.45) is 1.58. The minimum Gasteiger partial charge on any atom is -0.475 e. The highest BCUT2D eigenvalue weighted by molar-refractivity contribution is 5.82. The largest absolute Gasteiger partial charge is 0.475 e. The molecule has 72 valence electrons. The molecule has 0 aliphatic carbocycles. The number of nitrogens with two attached hydrogens (primary N) is 1. The molecule has 0 amide bonds. The molecule has 1 aromatic heterocycles. The zero-order valence-corrected chi connectivity index (χ0v) is 7.23. The number of aromatic carboxylic acids is 1. The number of rotatable bonds is 4. The standard InChI is InChI=1S/C7H11N3O3/c1-2-3-4(8)6-9-5(7(11)12)10-13-6/h4H,2-3,8H2,1H3,(H,11,12)/t4-/m1/s1. The lowest BCUT2D eigenvalue weighted by Crippen LogP contribution is -2.10. The summed E-state index contributed by atoms with van der Waals surface area (Å²) in [5.41, 5.74) is 5.63. The number of carbonyl (C=O) groups is 1. The molecule has 6 heteroatoms. The van der Waals surface area contributed by atoms with Gasteiger partial charge in [0.05, 0.1) is 6.04 Å². The van der Waals surface area contributed by atoms with Gasteiger partial charge in [-0.3, -0.25) is 0 Å². The molecule has 3 N–H and O–H groups in total. The van der Waals surface area contributed by atoms with Crippen molar-refractivity contribution in [3.05, 3.63) is 11.7 Å². The molecular weight excluding hydrogens is 174 g/mol. The van der Waals surface area contributed by atoms with Gasteiger partial charge >= 0.3 is 5.97 Å². The minimum absolute atomic E-state index is 0.180. The first kappa shape index (κ1) is 9.66. The summed E-state index contributed by atoms with van der Waals surface area (Å²) in [6, 6.07) is -0.370. The van der Waals surface area contributed by atoms with Crippen LogP contribution in [0.5, 0.6) is 0 Å². The van der Waals surface area contributed by atoms with Crippen molar-refractivity contribution in [2.45, 2.75) is 25.8 Å². The van der Waals surface area contributed by atoms with Crippen LogP contribution in [0.1, 0.15) is 42.3 Å². The van der Waals surface area contributed by atoms with Crippen molar-refractivity contribution in [1.29, 1.82) is 0 Å². The van der Waals surface area contributed by atoms with Gasteiger partial charge < -0.3 is 15.4 Å². The highest BCUT2D eigenvalue weighted by Crippen LogP contribution is 2.12. The van der Waals surface area contributed by atoms with Gasteiger partial charge in [-0.25, -0.2) is 4.79 Å². The summed E-state index contributed by atoms with van der Waals surface area (Å²) >= 11 is 0. The van der Waals surface area contributed by atoms with Gasteiger partial charge in [0, 0.05) is 0 Å². The molecule has 0 aliphatic rings. The van der Waals surface area contributed by atoms with E-state index in [4.69, 9.17) is 10.8 Å². The summed E-state index contributed by atoms with van der Waals surface area (Å²) in [6.45, 7) is 1.97. The van der Waals surface area contributed by atoms with Crippen LogP contribution in [0.15, 0.2) is 4.52 Å². The van der Waals surface area contributed by atoms with Crippen LogP contribution >= 0.6 is 0 Å². The highest BCUT2D eigenvalue weighted by atomic mass is 16.5. The van der Waals surface area contributed by atoms with Gasteiger partial charge in [0.15, 0.2) is 0 Å². The number of nitrogens with zero attached hydrogens (tertiary/aromatic N) is 2. The Morgan fingerprint density at radius 2 is 2.46 bits per heavy atom. The van der Waals surface area contributed by atoms with E-state index < -0.39 is 5.97 Å². The smallest absolute Gasteiger partial charge is 0.377 e. The first-order chi connectivity index (χ1) is 6.15. The molecular formula is C7H11N3O3. The fourth-order valence-electron chi connectivity index (χ4n) is 0.907. The molecule has 13 heavy (non-hydrogen) atoms. The number of hydrogen-bond acceptors (Lipinski definition) is 5. The Labute approximate surface area is 74.7 Å². The van der Waals surface area contributed by atoms with Gasteiger partial charge in [-0.15, -0.1) is 0 Å². The third-order valence-electron chi connectivity index (χ3n) is 1.55.